The number of aromatic carboxylic acids is 1. The number of thiophene rings is 1. The molecule has 0 saturated carbocycles. The molecular weight excluding hydrogens is 488 g/mol. The third kappa shape index (κ3) is 4.08. The maximum absolute atomic E-state index is 13.9. The lowest BCUT2D eigenvalue weighted by molar-refractivity contribution is -0.264. The second-order valence-corrected chi connectivity index (χ2v) is 9.15. The minimum absolute atomic E-state index is 0.0545. The van der Waals surface area contributed by atoms with Crippen molar-refractivity contribution in [3.05, 3.63) is 53.6 Å². The first-order valence-electron chi connectivity index (χ1n) is 8.72. The number of carbonyl (C=O) groups excluding carboxylic acids is 1. The third-order valence-corrected chi connectivity index (χ3v) is 7.51. The molecule has 1 heterocycles. The monoisotopic (exact) mass is 500 g/mol. The molecule has 11 heteroatoms. The van der Waals surface area contributed by atoms with Crippen LogP contribution in [0.3, 0.4) is 0 Å². The summed E-state index contributed by atoms with van der Waals surface area (Å²) >= 11 is 18.1. The molecule has 0 saturated heterocycles. The summed E-state index contributed by atoms with van der Waals surface area (Å²) in [7, 11) is 0. The van der Waals surface area contributed by atoms with E-state index in [0.29, 0.717) is 41.7 Å². The fraction of sp³-hybridized carbons (Fsp3) is 0.368. The van der Waals surface area contributed by atoms with E-state index in [1.165, 1.54) is 0 Å². The van der Waals surface area contributed by atoms with Crippen molar-refractivity contribution in [1.29, 1.82) is 0 Å². The van der Waals surface area contributed by atoms with Crippen molar-refractivity contribution >= 4 is 57.9 Å². The zero-order valence-electron chi connectivity index (χ0n) is 15.1. The molecule has 0 radical (unpaired) electrons. The zero-order chi connectivity index (χ0) is 22.4. The number of hydrogen-bond donors (Lipinski definition) is 2. The maximum atomic E-state index is 13.9. The molecule has 4 nitrogen and oxygen atoms in total. The van der Waals surface area contributed by atoms with Crippen LogP contribution in [-0.4, -0.2) is 28.1 Å². The third-order valence-electron chi connectivity index (χ3n) is 5.01. The first-order valence-corrected chi connectivity index (χ1v) is 10.7. The van der Waals surface area contributed by atoms with Gasteiger partial charge in [-0.3, -0.25) is 4.79 Å². The Morgan fingerprint density at radius 3 is 1.97 bits per heavy atom. The van der Waals surface area contributed by atoms with Gasteiger partial charge in [0.25, 0.3) is 0 Å². The molecule has 0 amide bonds. The summed E-state index contributed by atoms with van der Waals surface area (Å²) in [6.07, 6.45) is -4.34. The van der Waals surface area contributed by atoms with Crippen molar-refractivity contribution in [3.63, 3.8) is 0 Å². The van der Waals surface area contributed by atoms with E-state index in [0.717, 1.165) is 18.6 Å². The Labute approximate surface area is 188 Å². The predicted octanol–water partition coefficient (Wildman–Crippen LogP) is 6.31. The number of hydrogen-bond acceptors (Lipinski definition) is 4. The maximum Gasteiger partial charge on any atom is 0.421 e. The van der Waals surface area contributed by atoms with Crippen LogP contribution in [0.4, 0.5) is 13.2 Å². The van der Waals surface area contributed by atoms with E-state index in [2.05, 4.69) is 0 Å². The Bertz CT molecular complexity index is 1010. The largest absolute Gasteiger partial charge is 0.477 e. The molecule has 162 valence electrons. The number of halogens is 6. The summed E-state index contributed by atoms with van der Waals surface area (Å²) in [5.41, 5.74) is -3.39. The summed E-state index contributed by atoms with van der Waals surface area (Å²) in [5, 5.41) is 19.2. The highest BCUT2D eigenvalue weighted by atomic mass is 35.5. The molecule has 1 unspecified atom stereocenters. The Morgan fingerprint density at radius 2 is 1.50 bits per heavy atom. The molecule has 0 spiro atoms. The summed E-state index contributed by atoms with van der Waals surface area (Å²) in [6, 6.07) is 1.62. The van der Waals surface area contributed by atoms with Gasteiger partial charge in [0.2, 0.25) is 0 Å². The number of aliphatic hydroxyl groups is 1. The Balaban J connectivity index is 2.07. The van der Waals surface area contributed by atoms with Gasteiger partial charge >= 0.3 is 12.1 Å². The molecule has 0 fully saturated rings. The van der Waals surface area contributed by atoms with Gasteiger partial charge in [-0.05, 0) is 54.5 Å². The van der Waals surface area contributed by atoms with Crippen LogP contribution >= 0.6 is 46.1 Å². The average molecular weight is 502 g/mol. The molecule has 0 aliphatic heterocycles. The molecule has 1 atom stereocenters. The second kappa shape index (κ2) is 8.31. The summed E-state index contributed by atoms with van der Waals surface area (Å²) < 4.78 is 41.7. The van der Waals surface area contributed by atoms with Gasteiger partial charge in [0.15, 0.2) is 11.4 Å². The fourth-order valence-electron chi connectivity index (χ4n) is 3.50. The highest BCUT2D eigenvalue weighted by Crippen LogP contribution is 2.46. The lowest BCUT2D eigenvalue weighted by Crippen LogP contribution is -2.44. The van der Waals surface area contributed by atoms with Gasteiger partial charge in [-0.1, -0.05) is 34.8 Å². The number of ketones is 1. The highest BCUT2D eigenvalue weighted by molar-refractivity contribution is 7.16. The zero-order valence-corrected chi connectivity index (χ0v) is 18.2. The average Bonchev–Trinajstić information content (AvgIpc) is 3.04. The van der Waals surface area contributed by atoms with E-state index in [1.54, 1.807) is 0 Å². The van der Waals surface area contributed by atoms with E-state index < -0.39 is 35.5 Å². The van der Waals surface area contributed by atoms with Gasteiger partial charge in [0, 0.05) is 0 Å². The molecular formula is C19H14Cl3F3O4S. The van der Waals surface area contributed by atoms with E-state index in [9.17, 15) is 33.0 Å². The molecule has 1 aromatic heterocycles. The van der Waals surface area contributed by atoms with Crippen LogP contribution < -0.4 is 0 Å². The van der Waals surface area contributed by atoms with Crippen LogP contribution in [0, 0.1) is 0 Å². The number of carbonyl (C=O) groups is 2. The smallest absolute Gasteiger partial charge is 0.421 e. The number of Topliss-reactive ketones (excluding diaryl/α,β-unsaturated/α-hetero) is 1. The quantitative estimate of drug-likeness (QED) is 0.372. The van der Waals surface area contributed by atoms with Crippen LogP contribution in [0.15, 0.2) is 12.1 Å². The van der Waals surface area contributed by atoms with Crippen molar-refractivity contribution in [2.24, 2.45) is 0 Å². The van der Waals surface area contributed by atoms with E-state index >= 15 is 0 Å². The van der Waals surface area contributed by atoms with E-state index in [4.69, 9.17) is 34.8 Å². The first kappa shape index (κ1) is 23.3. The second-order valence-electron chi connectivity index (χ2n) is 6.94. The number of rotatable bonds is 5. The van der Waals surface area contributed by atoms with Gasteiger partial charge in [-0.15, -0.1) is 11.3 Å². The summed E-state index contributed by atoms with van der Waals surface area (Å²) in [4.78, 5) is 24.3. The highest BCUT2D eigenvalue weighted by Gasteiger charge is 2.56. The Morgan fingerprint density at radius 1 is 1.00 bits per heavy atom. The molecule has 3 rings (SSSR count). The van der Waals surface area contributed by atoms with Gasteiger partial charge in [-0.25, -0.2) is 4.79 Å². The van der Waals surface area contributed by atoms with Crippen LogP contribution in [0.2, 0.25) is 15.1 Å². The van der Waals surface area contributed by atoms with Gasteiger partial charge in [0.1, 0.15) is 4.88 Å². The van der Waals surface area contributed by atoms with Crippen LogP contribution in [0.25, 0.3) is 0 Å². The minimum Gasteiger partial charge on any atom is -0.477 e. The van der Waals surface area contributed by atoms with Crippen molar-refractivity contribution in [3.8, 4) is 0 Å². The van der Waals surface area contributed by atoms with Crippen molar-refractivity contribution < 1.29 is 33.0 Å². The SMILES string of the molecule is O=C(O)c1sc(C(=O)CC(O)(c2cc(Cl)c(Cl)c(Cl)c2)C(F)(F)F)c2c1CCCC2. The number of carboxylic acid groups (broad SMARTS) is 1. The lowest BCUT2D eigenvalue weighted by atomic mass is 9.85. The molecule has 1 aliphatic carbocycles. The molecule has 1 aliphatic rings. The van der Waals surface area contributed by atoms with Crippen molar-refractivity contribution in [2.45, 2.75) is 43.9 Å². The molecule has 2 N–H and O–H groups in total. The van der Waals surface area contributed by atoms with E-state index in [-0.39, 0.29) is 24.8 Å². The van der Waals surface area contributed by atoms with Crippen LogP contribution in [-0.2, 0) is 18.4 Å². The topological polar surface area (TPSA) is 74.6 Å². The van der Waals surface area contributed by atoms with Crippen molar-refractivity contribution in [2.75, 3.05) is 0 Å². The fourth-order valence-corrected chi connectivity index (χ4v) is 5.27. The standard InChI is InChI=1S/C19H14Cl3F3O4S/c20-11-5-8(6-12(21)14(11)22)18(29,19(23,24)25)7-13(26)15-9-3-1-2-4-10(9)16(30-15)17(27)28/h5-6,29H,1-4,7H2,(H,27,28). The number of benzene rings is 1. The Hall–Kier alpha value is -1.32. The van der Waals surface area contributed by atoms with Gasteiger partial charge in [-0.2, -0.15) is 13.2 Å². The number of carboxylic acids is 1. The number of alkyl halides is 3. The van der Waals surface area contributed by atoms with Crippen molar-refractivity contribution in [1.82, 2.24) is 0 Å². The molecule has 30 heavy (non-hydrogen) atoms. The summed E-state index contributed by atoms with van der Waals surface area (Å²) in [6.45, 7) is 0. The molecule has 2 aromatic rings. The van der Waals surface area contributed by atoms with Crippen LogP contribution in [0.5, 0.6) is 0 Å². The van der Waals surface area contributed by atoms with Gasteiger partial charge < -0.3 is 10.2 Å². The predicted molar refractivity (Wildman–Crippen MR) is 108 cm³/mol. The molecule has 0 bridgehead atoms. The van der Waals surface area contributed by atoms with Crippen LogP contribution in [0.1, 0.15) is 55.3 Å². The summed E-state index contributed by atoms with van der Waals surface area (Å²) in [5.74, 6) is -2.24. The Kier molecular flexibility index (Phi) is 6.47. The first-order chi connectivity index (χ1) is 13.9. The lowest BCUT2D eigenvalue weighted by Gasteiger charge is -2.31. The van der Waals surface area contributed by atoms with Gasteiger partial charge in [0.05, 0.1) is 26.4 Å². The van der Waals surface area contributed by atoms with E-state index in [1.807, 2.05) is 0 Å². The minimum atomic E-state index is -5.24. The molecule has 1 aromatic carbocycles. The number of fused-ring (bicyclic) bond motifs is 1. The normalized spacial score (nSPS) is 16.1.